The van der Waals surface area contributed by atoms with Crippen LogP contribution >= 0.6 is 0 Å². The van der Waals surface area contributed by atoms with Crippen molar-refractivity contribution in [3.63, 3.8) is 0 Å². The largest absolute Gasteiger partial charge is 0.481 e. The molecule has 4 aromatic rings. The zero-order valence-corrected chi connectivity index (χ0v) is 9.12. The van der Waals surface area contributed by atoms with Crippen molar-refractivity contribution in [1.29, 1.82) is 0 Å². The van der Waals surface area contributed by atoms with Gasteiger partial charge in [0.05, 0.1) is 18.6 Å². The normalized spacial score (nSPS) is 10.7. The number of furan rings is 4. The lowest BCUT2D eigenvalue weighted by Crippen LogP contribution is -1.75. The molecule has 0 aliphatic rings. The van der Waals surface area contributed by atoms with Crippen molar-refractivity contribution in [2.45, 2.75) is 0 Å². The first-order chi connectivity index (χ1) is 8.72. The van der Waals surface area contributed by atoms with Gasteiger partial charge in [-0.15, -0.1) is 0 Å². The summed E-state index contributed by atoms with van der Waals surface area (Å²) in [6, 6.07) is 6.45. The van der Waals surface area contributed by atoms with Crippen LogP contribution in [0.15, 0.2) is 54.5 Å². The van der Waals surface area contributed by atoms with Crippen molar-refractivity contribution in [3.05, 3.63) is 36.8 Å². The van der Waals surface area contributed by atoms with E-state index in [1.807, 2.05) is 0 Å². The van der Waals surface area contributed by atoms with Crippen LogP contribution < -0.4 is 5.73 Å². The summed E-state index contributed by atoms with van der Waals surface area (Å²) in [5, 5.41) is 8.72. The Morgan fingerprint density at radius 3 is 2.06 bits per heavy atom. The maximum Gasteiger partial charge on any atom is 0.286 e. The van der Waals surface area contributed by atoms with Crippen LogP contribution in [0, 0.1) is 0 Å². The fourth-order valence-electron chi connectivity index (χ4n) is 1.54. The molecular formula is C12H9NO5. The summed E-state index contributed by atoms with van der Waals surface area (Å²) >= 11 is 0. The summed E-state index contributed by atoms with van der Waals surface area (Å²) in [4.78, 5) is 0. The van der Waals surface area contributed by atoms with E-state index in [9.17, 15) is 0 Å². The van der Waals surface area contributed by atoms with E-state index in [2.05, 4.69) is 0 Å². The quantitative estimate of drug-likeness (QED) is 0.494. The Morgan fingerprint density at radius 1 is 0.833 bits per heavy atom. The van der Waals surface area contributed by atoms with E-state index >= 15 is 0 Å². The minimum Gasteiger partial charge on any atom is -0.481 e. The molecule has 0 unspecified atom stereocenters. The molecule has 0 radical (unpaired) electrons. The van der Waals surface area contributed by atoms with Gasteiger partial charge in [-0.3, -0.25) is 0 Å². The summed E-state index contributed by atoms with van der Waals surface area (Å²) in [7, 11) is 0. The number of hydrogen-bond acceptors (Lipinski definition) is 6. The second-order valence-corrected chi connectivity index (χ2v) is 3.53. The first-order valence-electron chi connectivity index (χ1n) is 5.11. The van der Waals surface area contributed by atoms with Gasteiger partial charge in [0.2, 0.25) is 0 Å². The van der Waals surface area contributed by atoms with Crippen LogP contribution in [-0.4, -0.2) is 5.11 Å². The van der Waals surface area contributed by atoms with E-state index in [1.165, 1.54) is 12.3 Å². The van der Waals surface area contributed by atoms with E-state index in [0.717, 1.165) is 0 Å². The lowest BCUT2D eigenvalue weighted by Gasteiger charge is -1.73. The van der Waals surface area contributed by atoms with Crippen molar-refractivity contribution < 1.29 is 22.8 Å². The fourth-order valence-corrected chi connectivity index (χ4v) is 1.54. The topological polar surface area (TPSA) is 98.8 Å². The Bertz CT molecular complexity index is 649. The van der Waals surface area contributed by atoms with Gasteiger partial charge in [0.15, 0.2) is 28.2 Å². The summed E-state index contributed by atoms with van der Waals surface area (Å²) in [6.45, 7) is 0. The number of hydrogen-bond donors (Lipinski definition) is 2. The third-order valence-electron chi connectivity index (χ3n) is 2.28. The molecule has 0 aliphatic carbocycles. The Morgan fingerprint density at radius 2 is 1.44 bits per heavy atom. The van der Waals surface area contributed by atoms with Crippen LogP contribution in [0.5, 0.6) is 5.95 Å². The fraction of sp³-hybridized carbons (Fsp3) is 0. The van der Waals surface area contributed by atoms with Gasteiger partial charge in [-0.1, -0.05) is 0 Å². The van der Waals surface area contributed by atoms with Crippen molar-refractivity contribution in [1.82, 2.24) is 0 Å². The van der Waals surface area contributed by atoms with Gasteiger partial charge < -0.3 is 28.5 Å². The molecule has 0 spiro atoms. The monoisotopic (exact) mass is 247 g/mol. The van der Waals surface area contributed by atoms with Crippen LogP contribution in [0.1, 0.15) is 0 Å². The summed E-state index contributed by atoms with van der Waals surface area (Å²) in [6.07, 6.45) is 3.07. The maximum absolute atomic E-state index is 8.72. The highest BCUT2D eigenvalue weighted by Crippen LogP contribution is 2.23. The predicted octanol–water partition coefficient (Wildman–Crippen LogP) is 3.34. The molecule has 4 aromatic heterocycles. The predicted molar refractivity (Wildman–Crippen MR) is 63.0 cm³/mol. The van der Waals surface area contributed by atoms with Gasteiger partial charge in [-0.25, -0.2) is 0 Å². The molecule has 3 N–H and O–H groups in total. The lowest BCUT2D eigenvalue weighted by atomic mass is 10.5. The molecule has 18 heavy (non-hydrogen) atoms. The number of nitrogen functional groups attached to an aromatic ring is 1. The first-order valence-corrected chi connectivity index (χ1v) is 5.11. The van der Waals surface area contributed by atoms with Gasteiger partial charge in [0.25, 0.3) is 5.95 Å². The van der Waals surface area contributed by atoms with Crippen molar-refractivity contribution in [3.8, 4) is 5.95 Å². The molecule has 6 nitrogen and oxygen atoms in total. The average Bonchev–Trinajstić information content (AvgIpc) is 2.97. The average molecular weight is 247 g/mol. The van der Waals surface area contributed by atoms with Gasteiger partial charge in [0.1, 0.15) is 0 Å². The minimum absolute atomic E-state index is 0.107. The van der Waals surface area contributed by atoms with E-state index in [1.54, 1.807) is 24.5 Å². The zero-order chi connectivity index (χ0) is 12.5. The number of aromatic hydroxyl groups is 1. The van der Waals surface area contributed by atoms with Crippen molar-refractivity contribution >= 4 is 28.2 Å². The smallest absolute Gasteiger partial charge is 0.286 e. The highest BCUT2D eigenvalue weighted by Gasteiger charge is 2.02. The van der Waals surface area contributed by atoms with Crippen LogP contribution in [0.2, 0.25) is 0 Å². The Kier molecular flexibility index (Phi) is 2.26. The molecular weight excluding hydrogens is 238 g/mol. The standard InChI is InChI=1S/C6H5NO2.C6H4O3/c2*7-6-3-5-4(9-6)1-2-8-5/h1-3H,7H2;1-3,7H. The van der Waals surface area contributed by atoms with Crippen LogP contribution in [-0.2, 0) is 0 Å². The van der Waals surface area contributed by atoms with Gasteiger partial charge in [-0.05, 0) is 0 Å². The first kappa shape index (κ1) is 10.4. The van der Waals surface area contributed by atoms with E-state index < -0.39 is 0 Å². The highest BCUT2D eigenvalue weighted by molar-refractivity contribution is 5.74. The minimum atomic E-state index is -0.107. The number of nitrogens with two attached hydrogens (primary N) is 1. The van der Waals surface area contributed by atoms with E-state index in [-0.39, 0.29) is 5.95 Å². The summed E-state index contributed by atoms with van der Waals surface area (Å²) in [5.41, 5.74) is 7.86. The van der Waals surface area contributed by atoms with E-state index in [4.69, 9.17) is 28.5 Å². The third kappa shape index (κ3) is 1.80. The van der Waals surface area contributed by atoms with Crippen LogP contribution in [0.25, 0.3) is 22.3 Å². The lowest BCUT2D eigenvalue weighted by molar-refractivity contribution is 0.346. The van der Waals surface area contributed by atoms with Crippen LogP contribution in [0.4, 0.5) is 5.88 Å². The Balaban J connectivity index is 0.000000111. The second-order valence-electron chi connectivity index (χ2n) is 3.53. The van der Waals surface area contributed by atoms with Crippen molar-refractivity contribution in [2.24, 2.45) is 0 Å². The highest BCUT2D eigenvalue weighted by atomic mass is 16.5. The summed E-state index contributed by atoms with van der Waals surface area (Å²) < 4.78 is 19.6. The molecule has 0 saturated heterocycles. The molecule has 0 amide bonds. The summed E-state index contributed by atoms with van der Waals surface area (Å²) in [5.74, 6) is 0.286. The van der Waals surface area contributed by atoms with E-state index in [0.29, 0.717) is 28.2 Å². The number of fused-ring (bicyclic) bond motifs is 2. The molecule has 0 aliphatic heterocycles. The van der Waals surface area contributed by atoms with Crippen molar-refractivity contribution in [2.75, 3.05) is 5.73 Å². The molecule has 0 fully saturated rings. The molecule has 4 heterocycles. The Hall–Kier alpha value is -2.76. The SMILES string of the molecule is Nc1cc2occc2o1.Oc1cc2occc2o1. The number of anilines is 1. The molecule has 0 saturated carbocycles. The molecule has 0 atom stereocenters. The molecule has 6 heteroatoms. The molecule has 4 rings (SSSR count). The molecule has 0 bridgehead atoms. The van der Waals surface area contributed by atoms with Gasteiger partial charge in [0, 0.05) is 18.2 Å². The van der Waals surface area contributed by atoms with Gasteiger partial charge in [-0.2, -0.15) is 0 Å². The Labute approximate surface area is 100 Å². The van der Waals surface area contributed by atoms with Gasteiger partial charge >= 0.3 is 0 Å². The molecule has 0 aromatic carbocycles. The number of rotatable bonds is 0. The van der Waals surface area contributed by atoms with Crippen LogP contribution in [0.3, 0.4) is 0 Å². The zero-order valence-electron chi connectivity index (χ0n) is 9.12. The molecule has 92 valence electrons. The maximum atomic E-state index is 8.72. The second kappa shape index (κ2) is 3.92. The third-order valence-corrected chi connectivity index (χ3v) is 2.28.